The molecule has 0 aromatic carbocycles. The second-order valence-electron chi connectivity index (χ2n) is 3.75. The van der Waals surface area contributed by atoms with Gasteiger partial charge in [0, 0.05) is 31.1 Å². The Morgan fingerprint density at radius 1 is 1.60 bits per heavy atom. The Morgan fingerprint density at radius 3 is 3.00 bits per heavy atom. The quantitative estimate of drug-likeness (QED) is 0.820. The third-order valence-corrected chi connectivity index (χ3v) is 3.90. The van der Waals surface area contributed by atoms with Crippen LogP contribution in [0.1, 0.15) is 18.7 Å². The third kappa shape index (κ3) is 2.10. The van der Waals surface area contributed by atoms with Crippen LogP contribution in [0.5, 0.6) is 0 Å². The van der Waals surface area contributed by atoms with E-state index in [0.717, 1.165) is 18.1 Å². The SMILES string of the molecule is CCN(C)c1noc(C2CSCC2N)n1. The molecule has 0 aliphatic carbocycles. The van der Waals surface area contributed by atoms with Crippen LogP contribution < -0.4 is 10.6 Å². The monoisotopic (exact) mass is 228 g/mol. The molecule has 1 saturated heterocycles. The summed E-state index contributed by atoms with van der Waals surface area (Å²) in [5.41, 5.74) is 5.97. The van der Waals surface area contributed by atoms with E-state index in [1.165, 1.54) is 0 Å². The Kier molecular flexibility index (Phi) is 3.16. The van der Waals surface area contributed by atoms with Gasteiger partial charge in [-0.05, 0) is 12.1 Å². The fraction of sp³-hybridized carbons (Fsp3) is 0.778. The van der Waals surface area contributed by atoms with Crippen molar-refractivity contribution < 1.29 is 4.52 Å². The summed E-state index contributed by atoms with van der Waals surface area (Å²) in [7, 11) is 1.94. The number of hydrogen-bond acceptors (Lipinski definition) is 6. The first kappa shape index (κ1) is 10.8. The maximum absolute atomic E-state index is 5.97. The highest BCUT2D eigenvalue weighted by atomic mass is 32.2. The summed E-state index contributed by atoms with van der Waals surface area (Å²) >= 11 is 1.84. The number of aromatic nitrogens is 2. The van der Waals surface area contributed by atoms with Gasteiger partial charge < -0.3 is 15.2 Å². The topological polar surface area (TPSA) is 68.2 Å². The van der Waals surface area contributed by atoms with Crippen molar-refractivity contribution in [3.8, 4) is 0 Å². The zero-order valence-electron chi connectivity index (χ0n) is 9.01. The number of hydrogen-bond donors (Lipinski definition) is 1. The fourth-order valence-corrected chi connectivity index (χ4v) is 2.78. The van der Waals surface area contributed by atoms with Gasteiger partial charge in [-0.2, -0.15) is 16.7 Å². The molecule has 1 aromatic heterocycles. The van der Waals surface area contributed by atoms with E-state index in [1.807, 2.05) is 30.6 Å². The molecule has 0 amide bonds. The molecule has 2 N–H and O–H groups in total. The standard InChI is InChI=1S/C9H16N4OS/c1-3-13(2)9-11-8(14-12-9)6-4-15-5-7(6)10/h6-7H,3-5,10H2,1-2H3. The van der Waals surface area contributed by atoms with Crippen LogP contribution in [0.2, 0.25) is 0 Å². The fourth-order valence-electron chi connectivity index (χ4n) is 1.50. The molecule has 15 heavy (non-hydrogen) atoms. The van der Waals surface area contributed by atoms with E-state index in [-0.39, 0.29) is 12.0 Å². The van der Waals surface area contributed by atoms with E-state index in [1.54, 1.807) is 0 Å². The summed E-state index contributed by atoms with van der Waals surface area (Å²) in [5, 5.41) is 3.94. The summed E-state index contributed by atoms with van der Waals surface area (Å²) < 4.78 is 5.25. The highest BCUT2D eigenvalue weighted by molar-refractivity contribution is 7.99. The van der Waals surface area contributed by atoms with Crippen LogP contribution in [-0.4, -0.2) is 41.3 Å². The van der Waals surface area contributed by atoms with E-state index >= 15 is 0 Å². The van der Waals surface area contributed by atoms with Gasteiger partial charge in [0.05, 0.1) is 5.92 Å². The average molecular weight is 228 g/mol. The van der Waals surface area contributed by atoms with E-state index < -0.39 is 0 Å². The van der Waals surface area contributed by atoms with Crippen molar-refractivity contribution in [2.75, 3.05) is 30.0 Å². The smallest absolute Gasteiger partial charge is 0.265 e. The summed E-state index contributed by atoms with van der Waals surface area (Å²) in [6.45, 7) is 2.91. The number of thioether (sulfide) groups is 1. The lowest BCUT2D eigenvalue weighted by molar-refractivity contribution is 0.352. The number of nitrogens with zero attached hydrogens (tertiary/aromatic N) is 3. The molecule has 2 unspecified atom stereocenters. The number of anilines is 1. The molecule has 2 atom stereocenters. The third-order valence-electron chi connectivity index (χ3n) is 2.69. The van der Waals surface area contributed by atoms with E-state index in [2.05, 4.69) is 10.1 Å². The molecular weight excluding hydrogens is 212 g/mol. The molecule has 6 heteroatoms. The Morgan fingerprint density at radius 2 is 2.40 bits per heavy atom. The van der Waals surface area contributed by atoms with Crippen LogP contribution in [0.25, 0.3) is 0 Å². The Labute approximate surface area is 93.4 Å². The predicted molar refractivity (Wildman–Crippen MR) is 61.3 cm³/mol. The van der Waals surface area contributed by atoms with Gasteiger partial charge in [-0.25, -0.2) is 0 Å². The maximum Gasteiger partial charge on any atom is 0.265 e. The van der Waals surface area contributed by atoms with Crippen LogP contribution in [0.15, 0.2) is 4.52 Å². The molecule has 2 rings (SSSR count). The van der Waals surface area contributed by atoms with Crippen molar-refractivity contribution in [3.63, 3.8) is 0 Å². The average Bonchev–Trinajstić information content (AvgIpc) is 2.84. The first-order valence-corrected chi connectivity index (χ1v) is 6.26. The predicted octanol–water partition coefficient (Wildman–Crippen LogP) is 0.683. The van der Waals surface area contributed by atoms with Crippen LogP contribution in [-0.2, 0) is 0 Å². The molecule has 1 aromatic rings. The normalized spacial score (nSPS) is 25.8. The molecule has 0 radical (unpaired) electrons. The van der Waals surface area contributed by atoms with Crippen molar-refractivity contribution in [3.05, 3.63) is 5.89 Å². The first-order valence-electron chi connectivity index (χ1n) is 5.10. The van der Waals surface area contributed by atoms with Crippen LogP contribution >= 0.6 is 11.8 Å². The summed E-state index contributed by atoms with van der Waals surface area (Å²) in [6.07, 6.45) is 0. The Balaban J connectivity index is 2.12. The minimum absolute atomic E-state index is 0.148. The van der Waals surface area contributed by atoms with Gasteiger partial charge >= 0.3 is 0 Å². The summed E-state index contributed by atoms with van der Waals surface area (Å²) in [6, 6.07) is 0.148. The van der Waals surface area contributed by atoms with Crippen molar-refractivity contribution in [2.24, 2.45) is 5.73 Å². The number of rotatable bonds is 3. The van der Waals surface area contributed by atoms with E-state index in [9.17, 15) is 0 Å². The lowest BCUT2D eigenvalue weighted by Gasteiger charge is -2.10. The van der Waals surface area contributed by atoms with Crippen molar-refractivity contribution >= 4 is 17.7 Å². The molecular formula is C9H16N4OS. The molecule has 0 spiro atoms. The van der Waals surface area contributed by atoms with Crippen molar-refractivity contribution in [1.29, 1.82) is 0 Å². The second kappa shape index (κ2) is 4.40. The molecule has 84 valence electrons. The molecule has 0 bridgehead atoms. The van der Waals surface area contributed by atoms with E-state index in [0.29, 0.717) is 11.8 Å². The highest BCUT2D eigenvalue weighted by Crippen LogP contribution is 2.31. The zero-order chi connectivity index (χ0) is 10.8. The van der Waals surface area contributed by atoms with Gasteiger partial charge in [0.1, 0.15) is 0 Å². The minimum atomic E-state index is 0.148. The molecule has 1 aliphatic heterocycles. The van der Waals surface area contributed by atoms with Crippen LogP contribution in [0, 0.1) is 0 Å². The van der Waals surface area contributed by atoms with Crippen molar-refractivity contribution in [2.45, 2.75) is 18.9 Å². The van der Waals surface area contributed by atoms with Crippen molar-refractivity contribution in [1.82, 2.24) is 10.1 Å². The molecule has 2 heterocycles. The first-order chi connectivity index (χ1) is 7.22. The lowest BCUT2D eigenvalue weighted by atomic mass is 10.1. The summed E-state index contributed by atoms with van der Waals surface area (Å²) in [5.74, 6) is 3.52. The minimum Gasteiger partial charge on any atom is -0.342 e. The van der Waals surface area contributed by atoms with Gasteiger partial charge in [0.2, 0.25) is 5.89 Å². The molecule has 0 saturated carbocycles. The van der Waals surface area contributed by atoms with E-state index in [4.69, 9.17) is 10.3 Å². The maximum atomic E-state index is 5.97. The largest absolute Gasteiger partial charge is 0.342 e. The van der Waals surface area contributed by atoms with Gasteiger partial charge in [0.15, 0.2) is 0 Å². The molecule has 1 fully saturated rings. The van der Waals surface area contributed by atoms with Gasteiger partial charge in [-0.15, -0.1) is 0 Å². The van der Waals surface area contributed by atoms with Crippen LogP contribution in [0.4, 0.5) is 5.95 Å². The van der Waals surface area contributed by atoms with Gasteiger partial charge in [-0.3, -0.25) is 0 Å². The second-order valence-corrected chi connectivity index (χ2v) is 4.83. The van der Waals surface area contributed by atoms with Crippen LogP contribution in [0.3, 0.4) is 0 Å². The lowest BCUT2D eigenvalue weighted by Crippen LogP contribution is -2.27. The Hall–Kier alpha value is -0.750. The highest BCUT2D eigenvalue weighted by Gasteiger charge is 2.31. The van der Waals surface area contributed by atoms with Gasteiger partial charge in [-0.1, -0.05) is 0 Å². The molecule has 5 nitrogen and oxygen atoms in total. The van der Waals surface area contributed by atoms with Gasteiger partial charge in [0.25, 0.3) is 5.95 Å². The Bertz CT molecular complexity index is 330. The molecule has 1 aliphatic rings. The summed E-state index contributed by atoms with van der Waals surface area (Å²) in [4.78, 5) is 6.31. The number of nitrogens with two attached hydrogens (primary N) is 1. The zero-order valence-corrected chi connectivity index (χ0v) is 9.83.